The van der Waals surface area contributed by atoms with Crippen LogP contribution < -0.4 is 0 Å². The van der Waals surface area contributed by atoms with Crippen molar-refractivity contribution in [1.82, 2.24) is 0 Å². The minimum absolute atomic E-state index is 0.466. The lowest BCUT2D eigenvalue weighted by atomic mass is 10.2. The quantitative estimate of drug-likeness (QED) is 0.442. The van der Waals surface area contributed by atoms with Gasteiger partial charge < -0.3 is 0 Å². The summed E-state index contributed by atoms with van der Waals surface area (Å²) in [6, 6.07) is 0. The van der Waals surface area contributed by atoms with E-state index in [0.717, 1.165) is 0 Å². The molecule has 0 aliphatic rings. The first-order valence-electron chi connectivity index (χ1n) is 4.45. The maximum atomic E-state index is 2.48. The van der Waals surface area contributed by atoms with Gasteiger partial charge in [-0.05, 0) is 26.7 Å². The van der Waals surface area contributed by atoms with Crippen LogP contribution in [0.4, 0.5) is 0 Å². The molecule has 1 heteroatoms. The Morgan fingerprint density at radius 1 is 1.36 bits per heavy atom. The molecule has 0 aromatic rings. The van der Waals surface area contributed by atoms with Gasteiger partial charge in [0.05, 0.1) is 0 Å². The van der Waals surface area contributed by atoms with Gasteiger partial charge in [-0.15, -0.1) is 16.5 Å². The van der Waals surface area contributed by atoms with E-state index in [9.17, 15) is 0 Å². The predicted molar refractivity (Wildman–Crippen MR) is 55.3 cm³/mol. The summed E-state index contributed by atoms with van der Waals surface area (Å²) < 4.78 is 0. The van der Waals surface area contributed by atoms with E-state index in [1.165, 1.54) is 12.8 Å². The molecular formula is C10H19Al. The van der Waals surface area contributed by atoms with Crippen LogP contribution in [0.2, 0.25) is 11.6 Å². The highest BCUT2D eigenvalue weighted by molar-refractivity contribution is 6.61. The van der Waals surface area contributed by atoms with Gasteiger partial charge in [-0.1, -0.05) is 17.7 Å². The van der Waals surface area contributed by atoms with Gasteiger partial charge in [0.2, 0.25) is 0 Å². The zero-order valence-corrected chi connectivity index (χ0v) is 9.38. The van der Waals surface area contributed by atoms with Gasteiger partial charge in [0, 0.05) is 0 Å². The lowest BCUT2D eigenvalue weighted by Crippen LogP contribution is -1.95. The molecule has 0 fully saturated rings. The van der Waals surface area contributed by atoms with Crippen molar-refractivity contribution in [3.8, 4) is 0 Å². The van der Waals surface area contributed by atoms with E-state index in [2.05, 4.69) is 42.5 Å². The summed E-state index contributed by atoms with van der Waals surface area (Å²) in [6.07, 6.45) is 6.81. The van der Waals surface area contributed by atoms with Crippen molar-refractivity contribution in [2.75, 3.05) is 0 Å². The van der Waals surface area contributed by atoms with E-state index < -0.39 is 14.1 Å². The van der Waals surface area contributed by atoms with Crippen LogP contribution in [0, 0.1) is 0 Å². The molecule has 0 N–H and O–H groups in total. The topological polar surface area (TPSA) is 0 Å². The fourth-order valence-electron chi connectivity index (χ4n) is 1.13. The standard InChI is InChI=1S/C8H13.2CH3.Al/c1-4-5-6-7-8(2)3;;;/h2,4-5H,6-7H2,1,3H3;2*1H3;/b5-4+,8-2?;;;. The normalized spacial score (nSPS) is 12.5. The third-order valence-electron chi connectivity index (χ3n) is 1.56. The smallest absolute Gasteiger partial charge is 0.146 e. The maximum Gasteiger partial charge on any atom is 0.288 e. The summed E-state index contributed by atoms with van der Waals surface area (Å²) in [4.78, 5) is 2.48. The minimum Gasteiger partial charge on any atom is -0.146 e. The SMILES string of the molecule is C/C=C/CC/C(C)=[CH]/[Al]([CH3])[CH3]. The minimum atomic E-state index is -0.466. The van der Waals surface area contributed by atoms with Crippen molar-refractivity contribution >= 4 is 14.1 Å². The highest BCUT2D eigenvalue weighted by atomic mass is 27.2. The fraction of sp³-hybridized carbons (Fsp3) is 0.600. The molecule has 0 atom stereocenters. The Labute approximate surface area is 75.4 Å². The highest BCUT2D eigenvalue weighted by Crippen LogP contribution is 2.05. The molecule has 62 valence electrons. The summed E-state index contributed by atoms with van der Waals surface area (Å²) in [5.41, 5.74) is 1.57. The number of rotatable bonds is 4. The van der Waals surface area contributed by atoms with Crippen molar-refractivity contribution in [3.05, 3.63) is 22.7 Å². The van der Waals surface area contributed by atoms with Crippen LogP contribution in [0.5, 0.6) is 0 Å². The molecule has 0 amide bonds. The number of hydrogen-bond donors (Lipinski definition) is 0. The average molecular weight is 166 g/mol. The van der Waals surface area contributed by atoms with Crippen LogP contribution in [-0.4, -0.2) is 14.1 Å². The number of allylic oxidation sites excluding steroid dienone is 3. The van der Waals surface area contributed by atoms with Crippen molar-refractivity contribution in [2.45, 2.75) is 38.3 Å². The molecular weight excluding hydrogens is 147 g/mol. The van der Waals surface area contributed by atoms with Crippen LogP contribution in [0.25, 0.3) is 0 Å². The lowest BCUT2D eigenvalue weighted by molar-refractivity contribution is 0.979. The van der Waals surface area contributed by atoms with E-state index >= 15 is 0 Å². The molecule has 0 aromatic heterocycles. The summed E-state index contributed by atoms with van der Waals surface area (Å²) >= 11 is -0.466. The van der Waals surface area contributed by atoms with Crippen molar-refractivity contribution < 1.29 is 0 Å². The van der Waals surface area contributed by atoms with E-state index in [1.54, 1.807) is 5.57 Å². The third kappa shape index (κ3) is 7.91. The summed E-state index contributed by atoms with van der Waals surface area (Å²) in [7, 11) is 0. The van der Waals surface area contributed by atoms with Gasteiger partial charge in [-0.25, -0.2) is 0 Å². The molecule has 0 spiro atoms. The maximum absolute atomic E-state index is 2.48. The van der Waals surface area contributed by atoms with E-state index in [-0.39, 0.29) is 0 Å². The predicted octanol–water partition coefficient (Wildman–Crippen LogP) is 3.58. The second kappa shape index (κ2) is 6.71. The Morgan fingerprint density at radius 3 is 2.45 bits per heavy atom. The van der Waals surface area contributed by atoms with E-state index in [0.29, 0.717) is 0 Å². The van der Waals surface area contributed by atoms with Gasteiger partial charge in [0.25, 0.3) is 14.1 Å². The van der Waals surface area contributed by atoms with Gasteiger partial charge in [-0.3, -0.25) is 0 Å². The Bertz CT molecular complexity index is 143. The number of hydrogen-bond acceptors (Lipinski definition) is 0. The molecule has 11 heavy (non-hydrogen) atoms. The summed E-state index contributed by atoms with van der Waals surface area (Å²) in [5.74, 6) is 4.72. The first-order valence-corrected chi connectivity index (χ1v) is 7.43. The largest absolute Gasteiger partial charge is 0.288 e. The zero-order valence-electron chi connectivity index (χ0n) is 8.22. The summed E-state index contributed by atoms with van der Waals surface area (Å²) in [6.45, 7) is 4.33. The van der Waals surface area contributed by atoms with Crippen LogP contribution in [0.1, 0.15) is 26.7 Å². The highest BCUT2D eigenvalue weighted by Gasteiger charge is 1.96. The first-order chi connectivity index (χ1) is 5.16. The molecule has 0 saturated carbocycles. The molecule has 0 heterocycles. The molecule has 0 aliphatic heterocycles. The molecule has 0 bridgehead atoms. The van der Waals surface area contributed by atoms with Crippen LogP contribution in [0.15, 0.2) is 22.7 Å². The molecule has 0 rings (SSSR count). The Hall–Kier alpha value is 0.0125. The zero-order chi connectivity index (χ0) is 8.69. The second-order valence-electron chi connectivity index (χ2n) is 3.36. The van der Waals surface area contributed by atoms with Crippen molar-refractivity contribution in [1.29, 1.82) is 0 Å². The van der Waals surface area contributed by atoms with Crippen molar-refractivity contribution in [3.63, 3.8) is 0 Å². The molecule has 0 aromatic carbocycles. The van der Waals surface area contributed by atoms with Crippen LogP contribution in [0.3, 0.4) is 0 Å². The van der Waals surface area contributed by atoms with Crippen molar-refractivity contribution in [2.24, 2.45) is 0 Å². The van der Waals surface area contributed by atoms with E-state index in [4.69, 9.17) is 0 Å². The lowest BCUT2D eigenvalue weighted by Gasteiger charge is -1.97. The van der Waals surface area contributed by atoms with Gasteiger partial charge in [-0.2, -0.15) is 0 Å². The van der Waals surface area contributed by atoms with E-state index in [1.807, 2.05) is 0 Å². The fourth-order valence-corrected chi connectivity index (χ4v) is 2.43. The third-order valence-corrected chi connectivity index (χ3v) is 2.79. The monoisotopic (exact) mass is 166 g/mol. The molecule has 0 unspecified atom stereocenters. The average Bonchev–Trinajstić information content (AvgIpc) is 1.86. The van der Waals surface area contributed by atoms with Crippen LogP contribution >= 0.6 is 0 Å². The Kier molecular flexibility index (Phi) is 6.71. The molecule has 0 aliphatic carbocycles. The van der Waals surface area contributed by atoms with Gasteiger partial charge in [0.1, 0.15) is 0 Å². The molecule has 0 radical (unpaired) electrons. The molecule has 0 nitrogen and oxygen atoms in total. The molecule has 0 saturated heterocycles. The summed E-state index contributed by atoms with van der Waals surface area (Å²) in [5, 5.41) is 0. The Morgan fingerprint density at radius 2 is 2.00 bits per heavy atom. The van der Waals surface area contributed by atoms with Gasteiger partial charge >= 0.3 is 0 Å². The second-order valence-corrected chi connectivity index (χ2v) is 6.19. The first kappa shape index (κ1) is 11.0. The Balaban J connectivity index is 3.59. The van der Waals surface area contributed by atoms with Gasteiger partial charge in [0.15, 0.2) is 0 Å². The van der Waals surface area contributed by atoms with Crippen LogP contribution in [-0.2, 0) is 0 Å².